The summed E-state index contributed by atoms with van der Waals surface area (Å²) in [6, 6.07) is 23.2. The van der Waals surface area contributed by atoms with Crippen molar-refractivity contribution in [1.29, 1.82) is 0 Å². The van der Waals surface area contributed by atoms with Crippen LogP contribution in [0.4, 0.5) is 5.69 Å². The van der Waals surface area contributed by atoms with E-state index in [1.54, 1.807) is 0 Å². The molecule has 168 valence electrons. The number of nitrogens with zero attached hydrogens (tertiary/aromatic N) is 1. The first-order chi connectivity index (χ1) is 16.0. The van der Waals surface area contributed by atoms with Crippen molar-refractivity contribution in [2.24, 2.45) is 0 Å². The predicted octanol–water partition coefficient (Wildman–Crippen LogP) is 5.14. The fourth-order valence-corrected chi connectivity index (χ4v) is 4.02. The lowest BCUT2D eigenvalue weighted by Crippen LogP contribution is -2.34. The number of aryl methyl sites for hydroxylation is 2. The molecular weight excluding hydrogens is 412 g/mol. The van der Waals surface area contributed by atoms with E-state index < -0.39 is 0 Å². The number of ether oxygens (including phenoxy) is 1. The quantitative estimate of drug-likeness (QED) is 0.493. The number of hydrogen-bond acceptors (Lipinski definition) is 4. The molecule has 0 bridgehead atoms. The van der Waals surface area contributed by atoms with Crippen molar-refractivity contribution in [2.75, 3.05) is 18.5 Å². The van der Waals surface area contributed by atoms with Crippen LogP contribution in [0.15, 0.2) is 78.5 Å². The van der Waals surface area contributed by atoms with Crippen molar-refractivity contribution >= 4 is 23.1 Å². The van der Waals surface area contributed by atoms with Gasteiger partial charge < -0.3 is 10.1 Å². The summed E-state index contributed by atoms with van der Waals surface area (Å²) in [6.07, 6.45) is 0.603. The van der Waals surface area contributed by atoms with E-state index in [2.05, 4.69) is 5.32 Å². The Morgan fingerprint density at radius 1 is 0.879 bits per heavy atom. The molecule has 1 heterocycles. The lowest BCUT2D eigenvalue weighted by Gasteiger charge is -2.16. The third kappa shape index (κ3) is 4.82. The van der Waals surface area contributed by atoms with E-state index in [0.29, 0.717) is 36.4 Å². The standard InChI is InChI=1S/C28H28N2O3/c1-4-33-23-13-11-22(12-14-23)25-26(29-24-15-10-19(2)18-20(24)3)28(32)30(27(25)31)17-16-21-8-6-5-7-9-21/h5-15,18,29H,4,16-17H2,1-3H3. The summed E-state index contributed by atoms with van der Waals surface area (Å²) in [6.45, 7) is 6.82. The van der Waals surface area contributed by atoms with Crippen LogP contribution in [0.5, 0.6) is 5.75 Å². The third-order valence-corrected chi connectivity index (χ3v) is 5.73. The van der Waals surface area contributed by atoms with Gasteiger partial charge in [-0.05, 0) is 62.1 Å². The summed E-state index contributed by atoms with van der Waals surface area (Å²) in [5, 5.41) is 3.27. The van der Waals surface area contributed by atoms with Crippen LogP contribution in [-0.2, 0) is 16.0 Å². The summed E-state index contributed by atoms with van der Waals surface area (Å²) in [5.41, 5.74) is 5.42. The Kier molecular flexibility index (Phi) is 6.59. The average molecular weight is 441 g/mol. The molecule has 1 N–H and O–H groups in total. The van der Waals surface area contributed by atoms with Gasteiger partial charge in [0.25, 0.3) is 11.8 Å². The fraction of sp³-hybridized carbons (Fsp3) is 0.214. The van der Waals surface area contributed by atoms with Crippen LogP contribution in [0.1, 0.15) is 29.2 Å². The molecule has 2 amide bonds. The highest BCUT2D eigenvalue weighted by atomic mass is 16.5. The predicted molar refractivity (Wildman–Crippen MR) is 131 cm³/mol. The van der Waals surface area contributed by atoms with Crippen LogP contribution in [0.2, 0.25) is 0 Å². The number of nitrogens with one attached hydrogen (secondary N) is 1. The second-order valence-electron chi connectivity index (χ2n) is 8.15. The first-order valence-corrected chi connectivity index (χ1v) is 11.2. The third-order valence-electron chi connectivity index (χ3n) is 5.73. The molecule has 1 aliphatic heterocycles. The SMILES string of the molecule is CCOc1ccc(C2=C(Nc3ccc(C)cc3C)C(=O)N(CCc3ccccc3)C2=O)cc1. The first-order valence-electron chi connectivity index (χ1n) is 11.2. The minimum atomic E-state index is -0.306. The number of anilines is 1. The highest BCUT2D eigenvalue weighted by molar-refractivity contribution is 6.36. The number of rotatable bonds is 8. The van der Waals surface area contributed by atoms with E-state index in [0.717, 1.165) is 28.1 Å². The molecule has 0 aromatic heterocycles. The topological polar surface area (TPSA) is 58.6 Å². The normalized spacial score (nSPS) is 13.6. The lowest BCUT2D eigenvalue weighted by molar-refractivity contribution is -0.136. The zero-order valence-corrected chi connectivity index (χ0v) is 19.2. The molecule has 0 spiro atoms. The number of amides is 2. The average Bonchev–Trinajstić information content (AvgIpc) is 3.04. The summed E-state index contributed by atoms with van der Waals surface area (Å²) in [4.78, 5) is 28.2. The molecule has 0 unspecified atom stereocenters. The minimum Gasteiger partial charge on any atom is -0.494 e. The van der Waals surface area contributed by atoms with Crippen LogP contribution >= 0.6 is 0 Å². The molecule has 0 fully saturated rings. The first kappa shape index (κ1) is 22.3. The molecule has 0 saturated carbocycles. The molecule has 0 saturated heterocycles. The van der Waals surface area contributed by atoms with Crippen molar-refractivity contribution < 1.29 is 14.3 Å². The molecule has 3 aromatic carbocycles. The summed E-state index contributed by atoms with van der Waals surface area (Å²) >= 11 is 0. The van der Waals surface area contributed by atoms with Crippen LogP contribution in [0, 0.1) is 13.8 Å². The number of benzene rings is 3. The Morgan fingerprint density at radius 3 is 2.27 bits per heavy atom. The second kappa shape index (κ2) is 9.74. The fourth-order valence-electron chi connectivity index (χ4n) is 4.02. The maximum atomic E-state index is 13.5. The van der Waals surface area contributed by atoms with Crippen LogP contribution in [-0.4, -0.2) is 29.9 Å². The molecule has 0 radical (unpaired) electrons. The Morgan fingerprint density at radius 2 is 1.61 bits per heavy atom. The molecule has 4 rings (SSSR count). The van der Waals surface area contributed by atoms with Gasteiger partial charge in [0.1, 0.15) is 11.4 Å². The Bertz CT molecular complexity index is 1200. The molecule has 33 heavy (non-hydrogen) atoms. The largest absolute Gasteiger partial charge is 0.494 e. The van der Waals surface area contributed by atoms with E-state index >= 15 is 0 Å². The maximum Gasteiger partial charge on any atom is 0.278 e. The Labute approximate surface area is 194 Å². The van der Waals surface area contributed by atoms with Gasteiger partial charge in [-0.1, -0.05) is 60.2 Å². The number of carbonyl (C=O) groups excluding carboxylic acids is 2. The number of carbonyl (C=O) groups is 2. The van der Waals surface area contributed by atoms with E-state index in [-0.39, 0.29) is 11.8 Å². The number of imide groups is 1. The molecule has 0 aliphatic carbocycles. The lowest BCUT2D eigenvalue weighted by atomic mass is 10.0. The summed E-state index contributed by atoms with van der Waals surface area (Å²) < 4.78 is 5.54. The summed E-state index contributed by atoms with van der Waals surface area (Å²) in [5.74, 6) is 0.135. The molecular formula is C28H28N2O3. The van der Waals surface area contributed by atoms with E-state index in [1.165, 1.54) is 4.90 Å². The van der Waals surface area contributed by atoms with Crippen molar-refractivity contribution in [3.63, 3.8) is 0 Å². The van der Waals surface area contributed by atoms with Crippen molar-refractivity contribution in [3.8, 4) is 5.75 Å². The van der Waals surface area contributed by atoms with Crippen molar-refractivity contribution in [3.05, 3.63) is 101 Å². The molecule has 3 aromatic rings. The van der Waals surface area contributed by atoms with Gasteiger partial charge in [-0.3, -0.25) is 14.5 Å². The van der Waals surface area contributed by atoms with Gasteiger partial charge in [-0.25, -0.2) is 0 Å². The molecule has 5 nitrogen and oxygen atoms in total. The smallest absolute Gasteiger partial charge is 0.278 e. The zero-order chi connectivity index (χ0) is 23.4. The maximum absolute atomic E-state index is 13.5. The van der Waals surface area contributed by atoms with Gasteiger partial charge in [-0.15, -0.1) is 0 Å². The monoisotopic (exact) mass is 440 g/mol. The minimum absolute atomic E-state index is 0.285. The molecule has 5 heteroatoms. The second-order valence-corrected chi connectivity index (χ2v) is 8.15. The van der Waals surface area contributed by atoms with E-state index in [1.807, 2.05) is 93.6 Å². The zero-order valence-electron chi connectivity index (χ0n) is 19.2. The van der Waals surface area contributed by atoms with Gasteiger partial charge in [-0.2, -0.15) is 0 Å². The van der Waals surface area contributed by atoms with Gasteiger partial charge in [0.15, 0.2) is 0 Å². The van der Waals surface area contributed by atoms with Crippen LogP contribution in [0.3, 0.4) is 0 Å². The highest BCUT2D eigenvalue weighted by Crippen LogP contribution is 2.32. The van der Waals surface area contributed by atoms with Gasteiger partial charge in [0.05, 0.1) is 12.2 Å². The Hall–Kier alpha value is -3.86. The molecule has 0 atom stereocenters. The van der Waals surface area contributed by atoms with Crippen molar-refractivity contribution in [2.45, 2.75) is 27.2 Å². The van der Waals surface area contributed by atoms with Crippen LogP contribution < -0.4 is 10.1 Å². The highest BCUT2D eigenvalue weighted by Gasteiger charge is 2.39. The Balaban J connectivity index is 1.68. The van der Waals surface area contributed by atoms with Gasteiger partial charge in [0.2, 0.25) is 0 Å². The van der Waals surface area contributed by atoms with Gasteiger partial charge in [0, 0.05) is 12.2 Å². The summed E-state index contributed by atoms with van der Waals surface area (Å²) in [7, 11) is 0. The van der Waals surface area contributed by atoms with Crippen molar-refractivity contribution in [1.82, 2.24) is 4.90 Å². The van der Waals surface area contributed by atoms with E-state index in [4.69, 9.17) is 4.74 Å². The van der Waals surface area contributed by atoms with Gasteiger partial charge >= 0.3 is 0 Å². The van der Waals surface area contributed by atoms with Crippen LogP contribution in [0.25, 0.3) is 5.57 Å². The van der Waals surface area contributed by atoms with E-state index in [9.17, 15) is 9.59 Å². The number of hydrogen-bond donors (Lipinski definition) is 1. The molecule has 1 aliphatic rings.